The molecular weight excluding hydrogens is 188 g/mol. The van der Waals surface area contributed by atoms with E-state index in [-0.39, 0.29) is 19.6 Å². The van der Waals surface area contributed by atoms with Crippen molar-refractivity contribution in [1.82, 2.24) is 0 Å². The summed E-state index contributed by atoms with van der Waals surface area (Å²) in [4.78, 5) is 21.2. The summed E-state index contributed by atoms with van der Waals surface area (Å²) in [5, 5.41) is 17.0. The lowest BCUT2D eigenvalue weighted by Crippen LogP contribution is -2.21. The summed E-state index contributed by atoms with van der Waals surface area (Å²) >= 11 is 0. The van der Waals surface area contributed by atoms with Gasteiger partial charge in [-0.3, -0.25) is 9.59 Å². The van der Waals surface area contributed by atoms with Crippen molar-refractivity contribution in [3.8, 4) is 0 Å². The van der Waals surface area contributed by atoms with Crippen LogP contribution < -0.4 is 0 Å². The molecule has 1 atom stereocenters. The summed E-state index contributed by atoms with van der Waals surface area (Å²) in [5.41, 5.74) is 0. The normalized spacial score (nSPS) is 12.1. The second-order valence-electron chi connectivity index (χ2n) is 2.95. The number of rotatable bonds is 7. The third kappa shape index (κ3) is 5.53. The Labute approximate surface area is 82.7 Å². The van der Waals surface area contributed by atoms with E-state index in [9.17, 15) is 9.59 Å². The Morgan fingerprint density at radius 2 is 2.07 bits per heavy atom. The van der Waals surface area contributed by atoms with Crippen LogP contribution in [0, 0.1) is 5.92 Å². The van der Waals surface area contributed by atoms with E-state index >= 15 is 0 Å². The number of aliphatic carboxylic acids is 1. The van der Waals surface area contributed by atoms with Crippen LogP contribution in [0.5, 0.6) is 0 Å². The van der Waals surface area contributed by atoms with Crippen LogP contribution in [0.1, 0.15) is 26.2 Å². The van der Waals surface area contributed by atoms with Gasteiger partial charge in [0, 0.05) is 6.42 Å². The number of carbonyl (C=O) groups is 2. The number of aliphatic hydroxyl groups is 1. The molecule has 0 rings (SSSR count). The molecule has 0 aliphatic carbocycles. The largest absolute Gasteiger partial charge is 0.481 e. The lowest BCUT2D eigenvalue weighted by atomic mass is 10.1. The second kappa shape index (κ2) is 7.32. The molecule has 0 aromatic carbocycles. The predicted octanol–water partition coefficient (Wildman–Crippen LogP) is 0.413. The number of carboxylic acids is 1. The molecule has 0 radical (unpaired) electrons. The first-order chi connectivity index (χ1) is 6.61. The third-order valence-corrected chi connectivity index (χ3v) is 1.83. The summed E-state index contributed by atoms with van der Waals surface area (Å²) in [6.07, 6.45) is 0.820. The lowest BCUT2D eigenvalue weighted by molar-refractivity contribution is -0.151. The molecule has 5 heteroatoms. The summed E-state index contributed by atoms with van der Waals surface area (Å²) < 4.78 is 4.77. The summed E-state index contributed by atoms with van der Waals surface area (Å²) in [7, 11) is 0. The van der Waals surface area contributed by atoms with Gasteiger partial charge in [-0.2, -0.15) is 0 Å². The fraction of sp³-hybridized carbons (Fsp3) is 0.778. The molecule has 0 aromatic rings. The Hall–Kier alpha value is -1.10. The van der Waals surface area contributed by atoms with E-state index in [4.69, 9.17) is 14.9 Å². The summed E-state index contributed by atoms with van der Waals surface area (Å²) in [6.45, 7) is 1.65. The van der Waals surface area contributed by atoms with Crippen molar-refractivity contribution in [1.29, 1.82) is 0 Å². The molecule has 14 heavy (non-hydrogen) atoms. The van der Waals surface area contributed by atoms with Crippen LogP contribution in [0.25, 0.3) is 0 Å². The molecule has 0 fully saturated rings. The van der Waals surface area contributed by atoms with Crippen LogP contribution in [0.15, 0.2) is 0 Å². The van der Waals surface area contributed by atoms with E-state index < -0.39 is 17.9 Å². The van der Waals surface area contributed by atoms with Crippen molar-refractivity contribution in [2.24, 2.45) is 5.92 Å². The Balaban J connectivity index is 3.57. The van der Waals surface area contributed by atoms with Crippen LogP contribution in [0.4, 0.5) is 0 Å². The van der Waals surface area contributed by atoms with E-state index in [0.717, 1.165) is 0 Å². The van der Waals surface area contributed by atoms with Gasteiger partial charge in [0.25, 0.3) is 0 Å². The number of aliphatic hydroxyl groups excluding tert-OH is 1. The van der Waals surface area contributed by atoms with Gasteiger partial charge >= 0.3 is 11.9 Å². The maximum Gasteiger partial charge on any atom is 0.311 e. The molecule has 0 saturated carbocycles. The minimum absolute atomic E-state index is 0.0107. The van der Waals surface area contributed by atoms with Gasteiger partial charge < -0.3 is 14.9 Å². The molecule has 0 spiro atoms. The first-order valence-corrected chi connectivity index (χ1v) is 4.61. The predicted molar refractivity (Wildman–Crippen MR) is 48.7 cm³/mol. The highest BCUT2D eigenvalue weighted by Gasteiger charge is 2.16. The highest BCUT2D eigenvalue weighted by atomic mass is 16.5. The first-order valence-electron chi connectivity index (χ1n) is 4.61. The molecule has 0 aliphatic heterocycles. The Bertz CT molecular complexity index is 186. The zero-order valence-electron chi connectivity index (χ0n) is 8.23. The van der Waals surface area contributed by atoms with Crippen LogP contribution in [0.3, 0.4) is 0 Å². The molecule has 2 N–H and O–H groups in total. The molecule has 0 saturated heterocycles. The van der Waals surface area contributed by atoms with Gasteiger partial charge in [-0.15, -0.1) is 0 Å². The zero-order valence-corrected chi connectivity index (χ0v) is 8.23. The van der Waals surface area contributed by atoms with Crippen molar-refractivity contribution in [3.63, 3.8) is 0 Å². The van der Waals surface area contributed by atoms with E-state index in [2.05, 4.69) is 0 Å². The fourth-order valence-electron chi connectivity index (χ4n) is 0.884. The number of carbonyl (C=O) groups excluding carboxylic acids is 1. The molecule has 0 aliphatic rings. The third-order valence-electron chi connectivity index (χ3n) is 1.83. The lowest BCUT2D eigenvalue weighted by Gasteiger charge is -2.10. The fourth-order valence-corrected chi connectivity index (χ4v) is 0.884. The SMILES string of the molecule is CCC(CO)C(=O)OCCCC(=O)O. The number of ether oxygens (including phenoxy) is 1. The maximum absolute atomic E-state index is 11.1. The number of carboxylic acid groups (broad SMARTS) is 1. The maximum atomic E-state index is 11.1. The standard InChI is InChI=1S/C9H16O5/c1-2-7(6-10)9(13)14-5-3-4-8(11)12/h7,10H,2-6H2,1H3,(H,11,12). The van der Waals surface area contributed by atoms with Gasteiger partial charge in [0.1, 0.15) is 0 Å². The van der Waals surface area contributed by atoms with Crippen molar-refractivity contribution in [3.05, 3.63) is 0 Å². The summed E-state index contributed by atoms with van der Waals surface area (Å²) in [5.74, 6) is -1.85. The van der Waals surface area contributed by atoms with Crippen LogP contribution >= 0.6 is 0 Å². The van der Waals surface area contributed by atoms with Crippen molar-refractivity contribution in [2.45, 2.75) is 26.2 Å². The summed E-state index contributed by atoms with van der Waals surface area (Å²) in [6, 6.07) is 0. The van der Waals surface area contributed by atoms with Crippen molar-refractivity contribution in [2.75, 3.05) is 13.2 Å². The van der Waals surface area contributed by atoms with E-state index in [0.29, 0.717) is 12.8 Å². The van der Waals surface area contributed by atoms with Gasteiger partial charge in [-0.1, -0.05) is 6.92 Å². The zero-order chi connectivity index (χ0) is 11.0. The Kier molecular flexibility index (Phi) is 6.74. The first kappa shape index (κ1) is 12.9. The minimum Gasteiger partial charge on any atom is -0.481 e. The minimum atomic E-state index is -0.907. The van der Waals surface area contributed by atoms with Gasteiger partial charge in [0.2, 0.25) is 0 Å². The smallest absolute Gasteiger partial charge is 0.311 e. The molecule has 5 nitrogen and oxygen atoms in total. The quantitative estimate of drug-likeness (QED) is 0.463. The molecule has 0 heterocycles. The molecule has 82 valence electrons. The molecule has 0 bridgehead atoms. The van der Waals surface area contributed by atoms with Gasteiger partial charge in [0.05, 0.1) is 19.1 Å². The van der Waals surface area contributed by atoms with Crippen LogP contribution in [-0.2, 0) is 14.3 Å². The van der Waals surface area contributed by atoms with E-state index in [1.807, 2.05) is 0 Å². The van der Waals surface area contributed by atoms with Crippen molar-refractivity contribution < 1.29 is 24.5 Å². The van der Waals surface area contributed by atoms with E-state index in [1.54, 1.807) is 6.92 Å². The topological polar surface area (TPSA) is 83.8 Å². The van der Waals surface area contributed by atoms with Gasteiger partial charge in [-0.25, -0.2) is 0 Å². The molecule has 0 amide bonds. The molecular formula is C9H16O5. The Morgan fingerprint density at radius 3 is 2.50 bits per heavy atom. The highest BCUT2D eigenvalue weighted by molar-refractivity contribution is 5.72. The van der Waals surface area contributed by atoms with Gasteiger partial charge in [0.15, 0.2) is 0 Å². The molecule has 0 aromatic heterocycles. The van der Waals surface area contributed by atoms with Crippen LogP contribution in [-0.4, -0.2) is 35.4 Å². The van der Waals surface area contributed by atoms with Gasteiger partial charge in [-0.05, 0) is 12.8 Å². The van der Waals surface area contributed by atoms with Crippen LogP contribution in [0.2, 0.25) is 0 Å². The number of esters is 1. The Morgan fingerprint density at radius 1 is 1.43 bits per heavy atom. The average molecular weight is 204 g/mol. The average Bonchev–Trinajstić information content (AvgIpc) is 2.14. The van der Waals surface area contributed by atoms with Crippen molar-refractivity contribution >= 4 is 11.9 Å². The number of hydrogen-bond acceptors (Lipinski definition) is 4. The molecule has 1 unspecified atom stereocenters. The second-order valence-corrected chi connectivity index (χ2v) is 2.95. The van der Waals surface area contributed by atoms with E-state index in [1.165, 1.54) is 0 Å². The monoisotopic (exact) mass is 204 g/mol. The highest BCUT2D eigenvalue weighted by Crippen LogP contribution is 2.04. The number of hydrogen-bond donors (Lipinski definition) is 2.